The molecular formula is C85H140O17P2. The van der Waals surface area contributed by atoms with Gasteiger partial charge in [0.15, 0.2) is 12.2 Å². The van der Waals surface area contributed by atoms with Crippen LogP contribution < -0.4 is 0 Å². The lowest BCUT2D eigenvalue weighted by molar-refractivity contribution is -0.160. The predicted molar refractivity (Wildman–Crippen MR) is 427 cm³/mol. The number of aliphatic hydroxyl groups is 1. The van der Waals surface area contributed by atoms with Gasteiger partial charge >= 0.3 is 39.5 Å². The van der Waals surface area contributed by atoms with Crippen molar-refractivity contribution in [2.75, 3.05) is 39.6 Å². The average Bonchev–Trinajstić information content (AvgIpc) is 0.912. The number of phosphoric ester groups is 2. The van der Waals surface area contributed by atoms with Crippen molar-refractivity contribution in [2.45, 2.75) is 316 Å². The van der Waals surface area contributed by atoms with Gasteiger partial charge in [0.25, 0.3) is 0 Å². The van der Waals surface area contributed by atoms with Crippen molar-refractivity contribution in [1.29, 1.82) is 0 Å². The van der Waals surface area contributed by atoms with Crippen molar-refractivity contribution in [3.05, 3.63) is 158 Å². The van der Waals surface area contributed by atoms with Crippen LogP contribution >= 0.6 is 15.6 Å². The molecule has 0 saturated carbocycles. The number of rotatable bonds is 73. The summed E-state index contributed by atoms with van der Waals surface area (Å²) in [7, 11) is -10.0. The number of aliphatic hydroxyl groups excluding tert-OH is 1. The van der Waals surface area contributed by atoms with Gasteiger partial charge in [0.1, 0.15) is 19.3 Å². The van der Waals surface area contributed by atoms with Gasteiger partial charge in [-0.3, -0.25) is 37.3 Å². The van der Waals surface area contributed by atoms with Gasteiger partial charge in [0.2, 0.25) is 0 Å². The van der Waals surface area contributed by atoms with Crippen molar-refractivity contribution in [3.8, 4) is 0 Å². The van der Waals surface area contributed by atoms with Gasteiger partial charge in [-0.1, -0.05) is 314 Å². The summed E-state index contributed by atoms with van der Waals surface area (Å²) in [4.78, 5) is 72.9. The second kappa shape index (κ2) is 75.9. The molecule has 0 radical (unpaired) electrons. The molecule has 0 heterocycles. The summed E-state index contributed by atoms with van der Waals surface area (Å²) in [5, 5.41) is 10.6. The molecule has 0 bridgehead atoms. The second-order valence-electron chi connectivity index (χ2n) is 25.9. The number of esters is 4. The Morgan fingerprint density at radius 1 is 0.288 bits per heavy atom. The molecule has 0 amide bonds. The van der Waals surface area contributed by atoms with E-state index < -0.39 is 97.5 Å². The molecule has 592 valence electrons. The number of carbonyl (C=O) groups is 4. The Bertz CT molecular complexity index is 2590. The maximum atomic E-state index is 13.1. The molecule has 0 aliphatic rings. The van der Waals surface area contributed by atoms with Gasteiger partial charge < -0.3 is 33.8 Å². The molecule has 0 aromatic rings. The second-order valence-corrected chi connectivity index (χ2v) is 28.8. The van der Waals surface area contributed by atoms with Crippen LogP contribution in [0.2, 0.25) is 0 Å². The Morgan fingerprint density at radius 2 is 0.548 bits per heavy atom. The monoisotopic (exact) mass is 1490 g/mol. The van der Waals surface area contributed by atoms with Crippen LogP contribution in [0.25, 0.3) is 0 Å². The van der Waals surface area contributed by atoms with E-state index in [9.17, 15) is 43.2 Å². The van der Waals surface area contributed by atoms with Crippen LogP contribution in [-0.4, -0.2) is 96.7 Å². The van der Waals surface area contributed by atoms with Crippen molar-refractivity contribution >= 4 is 39.5 Å². The van der Waals surface area contributed by atoms with E-state index in [2.05, 4.69) is 137 Å². The topological polar surface area (TPSA) is 237 Å². The third-order valence-electron chi connectivity index (χ3n) is 16.1. The van der Waals surface area contributed by atoms with E-state index in [0.29, 0.717) is 25.7 Å². The fourth-order valence-corrected chi connectivity index (χ4v) is 11.7. The minimum Gasteiger partial charge on any atom is -0.462 e. The molecule has 0 aliphatic carbocycles. The molecule has 0 saturated heterocycles. The lowest BCUT2D eigenvalue weighted by atomic mass is 10.0. The quantitative estimate of drug-likeness (QED) is 0.0169. The fourth-order valence-electron chi connectivity index (χ4n) is 10.1. The van der Waals surface area contributed by atoms with Crippen molar-refractivity contribution in [1.82, 2.24) is 0 Å². The molecule has 0 spiro atoms. The molecule has 5 unspecified atom stereocenters. The molecular weight excluding hydrogens is 1350 g/mol. The molecule has 0 fully saturated rings. The first kappa shape index (κ1) is 98.7. The summed E-state index contributed by atoms with van der Waals surface area (Å²) in [5.74, 6) is -2.49. The lowest BCUT2D eigenvalue weighted by Gasteiger charge is -2.21. The molecule has 104 heavy (non-hydrogen) atoms. The number of ether oxygens (including phenoxy) is 4. The standard InChI is InChI=1S/C85H140O17P2/c1-5-9-13-17-21-25-29-33-37-38-39-40-44-46-50-54-58-62-66-70-83(88)96-76-81(102-85(90)72-68-64-60-56-52-48-43-36-32-28-24-20-16-12-8-4)78-100-104(93,94)98-74-79(86)73-97-103(91,92)99-77-80(101-84(89)71-67-63-59-55-51-47-42-35-31-27-23-19-15-11-7-3)75-95-82(87)69-65-61-57-53-49-45-41-34-30-26-22-18-14-10-6-2/h10,12,14,16,21-22,24-26,28,33-34,36-37,39-41,43,49,52-53,56,61,64-65,68,79-81,86H,5-9,11,13,15,17-20,23,27,29-32,35,38,42,44-48,50-51,54-55,57-60,62-63,66-67,69-78H2,1-4H3,(H,91,92)(H,93,94)/b14-10-,16-12-,25-21-,26-22-,28-24-,37-33-,40-39-,41-34-,43-36-,53-49-,56-52-,65-61-,68-64-. The number of allylic oxidation sites excluding steroid dienone is 24. The van der Waals surface area contributed by atoms with Crippen LogP contribution in [0.5, 0.6) is 0 Å². The Kier molecular flexibility index (Phi) is 72.0. The Hall–Kier alpha value is -5.32. The van der Waals surface area contributed by atoms with Crippen LogP contribution in [-0.2, 0) is 65.4 Å². The third-order valence-corrected chi connectivity index (χ3v) is 18.0. The fraction of sp³-hybridized carbons (Fsp3) is 0.647. The van der Waals surface area contributed by atoms with Crippen molar-refractivity contribution in [2.24, 2.45) is 0 Å². The summed E-state index contributed by atoms with van der Waals surface area (Å²) in [6, 6.07) is 0. The van der Waals surface area contributed by atoms with Crippen LogP contribution in [0.3, 0.4) is 0 Å². The number of phosphoric acid groups is 2. The zero-order chi connectivity index (χ0) is 76.0. The Balaban J connectivity index is 5.49. The number of carbonyl (C=O) groups excluding carboxylic acids is 4. The normalized spacial score (nSPS) is 14.7. The molecule has 0 aromatic heterocycles. The number of hydrogen-bond acceptors (Lipinski definition) is 15. The van der Waals surface area contributed by atoms with Gasteiger partial charge in [-0.15, -0.1) is 0 Å². The van der Waals surface area contributed by atoms with Crippen LogP contribution in [0.1, 0.15) is 297 Å². The van der Waals surface area contributed by atoms with E-state index >= 15 is 0 Å². The largest absolute Gasteiger partial charge is 0.472 e. The maximum Gasteiger partial charge on any atom is 0.472 e. The highest BCUT2D eigenvalue weighted by Crippen LogP contribution is 2.45. The first-order chi connectivity index (χ1) is 50.7. The van der Waals surface area contributed by atoms with E-state index in [1.54, 1.807) is 18.2 Å². The minimum atomic E-state index is -5.02. The molecule has 19 heteroatoms. The summed E-state index contributed by atoms with van der Waals surface area (Å²) >= 11 is 0. The zero-order valence-electron chi connectivity index (χ0n) is 64.6. The Morgan fingerprint density at radius 3 is 0.913 bits per heavy atom. The number of unbranched alkanes of at least 4 members (excludes halogenated alkanes) is 23. The van der Waals surface area contributed by atoms with E-state index in [0.717, 1.165) is 135 Å². The third kappa shape index (κ3) is 74.9. The van der Waals surface area contributed by atoms with E-state index in [1.165, 1.54) is 83.5 Å². The summed E-state index contributed by atoms with van der Waals surface area (Å²) in [6.07, 6.45) is 88.6. The van der Waals surface area contributed by atoms with Crippen LogP contribution in [0.4, 0.5) is 0 Å². The summed E-state index contributed by atoms with van der Waals surface area (Å²) in [5.41, 5.74) is 0. The Labute approximate surface area is 629 Å². The number of hydrogen-bond donors (Lipinski definition) is 3. The maximum absolute atomic E-state index is 13.1. The highest BCUT2D eigenvalue weighted by Gasteiger charge is 2.30. The first-order valence-corrected chi connectivity index (χ1v) is 42.7. The predicted octanol–water partition coefficient (Wildman–Crippen LogP) is 23.2. The molecule has 17 nitrogen and oxygen atoms in total. The van der Waals surface area contributed by atoms with Gasteiger partial charge in [-0.2, -0.15) is 0 Å². The molecule has 3 N–H and O–H groups in total. The van der Waals surface area contributed by atoms with E-state index in [1.807, 2.05) is 30.4 Å². The lowest BCUT2D eigenvalue weighted by Crippen LogP contribution is -2.30. The van der Waals surface area contributed by atoms with Gasteiger partial charge in [-0.05, 0) is 116 Å². The first-order valence-electron chi connectivity index (χ1n) is 39.7. The van der Waals surface area contributed by atoms with Crippen LogP contribution in [0, 0.1) is 0 Å². The molecule has 0 aliphatic heterocycles. The molecule has 0 rings (SSSR count). The molecule has 0 aromatic carbocycles. The highest BCUT2D eigenvalue weighted by molar-refractivity contribution is 7.47. The SMILES string of the molecule is CC/C=C\C/C=C\C/C=C\C/C=C\C/C=C\CC(=O)OCC(COP(=O)(O)OCC(O)COP(=O)(O)OCC(COC(=O)CCCCCCCC/C=C\C/C=C\C/C=C\CCCCC)OC(=O)C/C=C\C/C=C\C/C=C\C/C=C\C/C=C\CC)OC(=O)CCCCCCCCCCCCCCCCC. The highest BCUT2D eigenvalue weighted by atomic mass is 31.2. The molecule has 5 atom stereocenters. The average molecular weight is 1500 g/mol. The van der Waals surface area contributed by atoms with Crippen molar-refractivity contribution in [3.63, 3.8) is 0 Å². The summed E-state index contributed by atoms with van der Waals surface area (Å²) in [6.45, 7) is 4.38. The van der Waals surface area contributed by atoms with Gasteiger partial charge in [0, 0.05) is 12.8 Å². The zero-order valence-corrected chi connectivity index (χ0v) is 66.4. The van der Waals surface area contributed by atoms with E-state index in [4.69, 9.17) is 37.0 Å². The minimum absolute atomic E-state index is 0.0717. The van der Waals surface area contributed by atoms with Gasteiger partial charge in [-0.25, -0.2) is 9.13 Å². The summed E-state index contributed by atoms with van der Waals surface area (Å²) < 4.78 is 68.3. The smallest absolute Gasteiger partial charge is 0.462 e. The van der Waals surface area contributed by atoms with Crippen molar-refractivity contribution < 1.29 is 80.2 Å². The van der Waals surface area contributed by atoms with Gasteiger partial charge in [0.05, 0.1) is 39.3 Å². The van der Waals surface area contributed by atoms with Crippen LogP contribution in [0.15, 0.2) is 158 Å². The van der Waals surface area contributed by atoms with E-state index in [-0.39, 0.29) is 25.7 Å².